The van der Waals surface area contributed by atoms with Gasteiger partial charge in [-0.1, -0.05) is 12.1 Å². The number of nitrogens with zero attached hydrogens (tertiary/aromatic N) is 2. The highest BCUT2D eigenvalue weighted by molar-refractivity contribution is 9.10. The molecule has 2 aromatic rings. The maximum atomic E-state index is 13.3. The smallest absolute Gasteiger partial charge is 0.138 e. The maximum absolute atomic E-state index is 13.3. The first-order chi connectivity index (χ1) is 7.09. The van der Waals surface area contributed by atoms with Crippen molar-refractivity contribution in [1.82, 2.24) is 9.78 Å². The summed E-state index contributed by atoms with van der Waals surface area (Å²) in [4.78, 5) is 0. The van der Waals surface area contributed by atoms with Crippen LogP contribution in [0.1, 0.15) is 0 Å². The van der Waals surface area contributed by atoms with E-state index in [1.165, 1.54) is 6.07 Å². The van der Waals surface area contributed by atoms with Crippen molar-refractivity contribution in [3.8, 4) is 11.3 Å². The van der Waals surface area contributed by atoms with Crippen molar-refractivity contribution in [2.75, 3.05) is 5.73 Å². The van der Waals surface area contributed by atoms with Gasteiger partial charge in [-0.05, 0) is 22.0 Å². The van der Waals surface area contributed by atoms with Gasteiger partial charge in [-0.2, -0.15) is 5.10 Å². The van der Waals surface area contributed by atoms with E-state index in [0.29, 0.717) is 21.5 Å². The quantitative estimate of drug-likeness (QED) is 0.865. The van der Waals surface area contributed by atoms with E-state index in [4.69, 9.17) is 5.73 Å². The summed E-state index contributed by atoms with van der Waals surface area (Å²) in [5.41, 5.74) is 7.01. The number of nitrogen functional groups attached to an aromatic ring is 1. The first kappa shape index (κ1) is 10.2. The van der Waals surface area contributed by atoms with Crippen LogP contribution in [0.4, 0.5) is 10.2 Å². The average Bonchev–Trinajstić information content (AvgIpc) is 2.51. The van der Waals surface area contributed by atoms with Crippen LogP contribution >= 0.6 is 15.9 Å². The molecule has 2 N–H and O–H groups in total. The number of rotatable bonds is 1. The third kappa shape index (κ3) is 1.74. The maximum Gasteiger partial charge on any atom is 0.138 e. The molecule has 0 saturated heterocycles. The average molecular weight is 270 g/mol. The molecule has 0 aliphatic rings. The van der Waals surface area contributed by atoms with Gasteiger partial charge < -0.3 is 5.73 Å². The Morgan fingerprint density at radius 1 is 1.47 bits per heavy atom. The molecule has 5 heteroatoms. The first-order valence-electron chi connectivity index (χ1n) is 4.33. The number of hydrogen-bond donors (Lipinski definition) is 1. The van der Waals surface area contributed by atoms with Crippen LogP contribution in [0.5, 0.6) is 0 Å². The summed E-state index contributed by atoms with van der Waals surface area (Å²) in [6, 6.07) is 6.52. The molecular formula is C10H9BrFN3. The van der Waals surface area contributed by atoms with Crippen LogP contribution < -0.4 is 5.73 Å². The molecule has 78 valence electrons. The fourth-order valence-corrected chi connectivity index (χ4v) is 1.78. The van der Waals surface area contributed by atoms with Crippen molar-refractivity contribution in [3.05, 3.63) is 34.6 Å². The predicted octanol–water partition coefficient (Wildman–Crippen LogP) is 2.57. The highest BCUT2D eigenvalue weighted by Crippen LogP contribution is 2.29. The monoisotopic (exact) mass is 269 g/mol. The Hall–Kier alpha value is -1.36. The third-order valence-electron chi connectivity index (χ3n) is 2.14. The molecule has 0 spiro atoms. The van der Waals surface area contributed by atoms with Gasteiger partial charge in [0, 0.05) is 18.7 Å². The molecule has 0 amide bonds. The molecule has 0 unspecified atom stereocenters. The summed E-state index contributed by atoms with van der Waals surface area (Å²) >= 11 is 3.19. The zero-order valence-electron chi connectivity index (χ0n) is 8.04. The number of halogens is 2. The van der Waals surface area contributed by atoms with Gasteiger partial charge in [0.15, 0.2) is 0 Å². The van der Waals surface area contributed by atoms with Gasteiger partial charge in [0.25, 0.3) is 0 Å². The number of aromatic nitrogens is 2. The Kier molecular flexibility index (Phi) is 2.48. The molecule has 0 saturated carbocycles. The van der Waals surface area contributed by atoms with Crippen molar-refractivity contribution in [2.24, 2.45) is 7.05 Å². The summed E-state index contributed by atoms with van der Waals surface area (Å²) in [7, 11) is 1.74. The normalized spacial score (nSPS) is 10.6. The minimum atomic E-state index is -0.309. The van der Waals surface area contributed by atoms with Gasteiger partial charge in [-0.15, -0.1) is 0 Å². The first-order valence-corrected chi connectivity index (χ1v) is 5.13. The predicted molar refractivity (Wildman–Crippen MR) is 60.7 cm³/mol. The van der Waals surface area contributed by atoms with E-state index in [2.05, 4.69) is 21.0 Å². The second-order valence-corrected chi connectivity index (χ2v) is 3.97. The molecule has 1 aromatic heterocycles. The Morgan fingerprint density at radius 2 is 2.20 bits per heavy atom. The summed E-state index contributed by atoms with van der Waals surface area (Å²) < 4.78 is 15.2. The minimum absolute atomic E-state index is 0.309. The van der Waals surface area contributed by atoms with Gasteiger partial charge in [-0.25, -0.2) is 4.39 Å². The van der Waals surface area contributed by atoms with Gasteiger partial charge in [0.1, 0.15) is 11.6 Å². The summed E-state index contributed by atoms with van der Waals surface area (Å²) in [5, 5.41) is 4.18. The van der Waals surface area contributed by atoms with Crippen molar-refractivity contribution in [2.45, 2.75) is 0 Å². The van der Waals surface area contributed by atoms with Gasteiger partial charge in [0.2, 0.25) is 0 Å². The molecule has 0 radical (unpaired) electrons. The van der Waals surface area contributed by atoms with Crippen molar-refractivity contribution in [3.63, 3.8) is 0 Å². The lowest BCUT2D eigenvalue weighted by Crippen LogP contribution is -1.96. The molecule has 15 heavy (non-hydrogen) atoms. The summed E-state index contributed by atoms with van der Waals surface area (Å²) in [6.07, 6.45) is 0. The molecular weight excluding hydrogens is 261 g/mol. The second kappa shape index (κ2) is 3.66. The number of hydrogen-bond acceptors (Lipinski definition) is 2. The topological polar surface area (TPSA) is 43.8 Å². The lowest BCUT2D eigenvalue weighted by molar-refractivity contribution is 0.621. The molecule has 3 nitrogen and oxygen atoms in total. The van der Waals surface area contributed by atoms with E-state index in [-0.39, 0.29) is 5.82 Å². The van der Waals surface area contributed by atoms with Crippen LogP contribution in [-0.4, -0.2) is 9.78 Å². The molecule has 0 aliphatic carbocycles. The van der Waals surface area contributed by atoms with Gasteiger partial charge >= 0.3 is 0 Å². The van der Waals surface area contributed by atoms with Gasteiger partial charge in [-0.3, -0.25) is 4.68 Å². The van der Waals surface area contributed by atoms with E-state index in [0.717, 1.165) is 0 Å². The molecule has 0 aliphatic heterocycles. The number of nitrogens with two attached hydrogens (primary N) is 1. The van der Waals surface area contributed by atoms with Crippen LogP contribution in [0.25, 0.3) is 11.3 Å². The summed E-state index contributed by atoms with van der Waals surface area (Å²) in [6.45, 7) is 0. The molecule has 1 aromatic carbocycles. The Bertz CT molecular complexity index is 488. The van der Waals surface area contributed by atoms with Crippen LogP contribution in [0.2, 0.25) is 0 Å². The minimum Gasteiger partial charge on any atom is -0.384 e. The SMILES string of the molecule is Cn1nc(-c2cccc(F)c2Br)cc1N. The van der Waals surface area contributed by atoms with Crippen molar-refractivity contribution < 1.29 is 4.39 Å². The highest BCUT2D eigenvalue weighted by Gasteiger charge is 2.10. The van der Waals surface area contributed by atoms with Crippen LogP contribution in [0, 0.1) is 5.82 Å². The van der Waals surface area contributed by atoms with Crippen LogP contribution in [0.3, 0.4) is 0 Å². The zero-order valence-corrected chi connectivity index (χ0v) is 9.62. The lowest BCUT2D eigenvalue weighted by Gasteiger charge is -2.00. The van der Waals surface area contributed by atoms with E-state index < -0.39 is 0 Å². The number of benzene rings is 1. The van der Waals surface area contributed by atoms with Gasteiger partial charge in [0.05, 0.1) is 10.2 Å². The second-order valence-electron chi connectivity index (χ2n) is 3.18. The molecule has 0 fully saturated rings. The van der Waals surface area contributed by atoms with E-state index in [1.54, 1.807) is 29.9 Å². The van der Waals surface area contributed by atoms with E-state index >= 15 is 0 Å². The fraction of sp³-hybridized carbons (Fsp3) is 0.100. The molecule has 2 rings (SSSR count). The zero-order chi connectivity index (χ0) is 11.0. The van der Waals surface area contributed by atoms with Crippen LogP contribution in [0.15, 0.2) is 28.7 Å². The largest absolute Gasteiger partial charge is 0.384 e. The third-order valence-corrected chi connectivity index (χ3v) is 2.95. The van der Waals surface area contributed by atoms with Crippen molar-refractivity contribution in [1.29, 1.82) is 0 Å². The lowest BCUT2D eigenvalue weighted by atomic mass is 10.1. The molecule has 1 heterocycles. The Morgan fingerprint density at radius 3 is 2.80 bits per heavy atom. The number of anilines is 1. The molecule has 0 atom stereocenters. The Labute approximate surface area is 94.8 Å². The summed E-state index contributed by atoms with van der Waals surface area (Å²) in [5.74, 6) is 0.234. The standard InChI is InChI=1S/C10H9BrFN3/c1-15-9(13)5-8(14-15)6-3-2-4-7(12)10(6)11/h2-5H,13H2,1H3. The fourth-order valence-electron chi connectivity index (χ4n) is 1.31. The van der Waals surface area contributed by atoms with E-state index in [9.17, 15) is 4.39 Å². The highest BCUT2D eigenvalue weighted by atomic mass is 79.9. The molecule has 0 bridgehead atoms. The van der Waals surface area contributed by atoms with E-state index in [1.807, 2.05) is 0 Å². The van der Waals surface area contributed by atoms with Crippen molar-refractivity contribution >= 4 is 21.7 Å². The Balaban J connectivity index is 2.59. The van der Waals surface area contributed by atoms with Crippen LogP contribution in [-0.2, 0) is 7.05 Å². The number of aryl methyl sites for hydroxylation is 1.